The maximum absolute atomic E-state index is 12.5. The summed E-state index contributed by atoms with van der Waals surface area (Å²) in [6.07, 6.45) is 7.78. The van der Waals surface area contributed by atoms with Crippen LogP contribution in [0, 0.1) is 5.92 Å². The zero-order chi connectivity index (χ0) is 18.1. The maximum Gasteiger partial charge on any atom is 0.327 e. The van der Waals surface area contributed by atoms with Gasteiger partial charge in [0, 0.05) is 12.2 Å². The number of pyridine rings is 1. The van der Waals surface area contributed by atoms with E-state index in [4.69, 9.17) is 4.74 Å². The lowest BCUT2D eigenvalue weighted by Crippen LogP contribution is -2.29. The van der Waals surface area contributed by atoms with Crippen molar-refractivity contribution in [1.29, 1.82) is 0 Å². The normalized spacial score (nSPS) is 20.2. The highest BCUT2D eigenvalue weighted by atomic mass is 16.5. The first-order chi connectivity index (χ1) is 12.7. The van der Waals surface area contributed by atoms with Crippen molar-refractivity contribution >= 4 is 22.8 Å². The van der Waals surface area contributed by atoms with E-state index in [1.165, 1.54) is 6.42 Å². The Balaban J connectivity index is 1.74. The third kappa shape index (κ3) is 2.91. The molecule has 8 heteroatoms. The van der Waals surface area contributed by atoms with Crippen molar-refractivity contribution in [2.45, 2.75) is 38.6 Å². The number of fused-ring (bicyclic) bond motifs is 1. The molecule has 0 amide bonds. The Hall–Kier alpha value is -2.90. The Morgan fingerprint density at radius 2 is 2.15 bits per heavy atom. The molecular weight excluding hydrogens is 332 g/mol. The monoisotopic (exact) mass is 354 g/mol. The fourth-order valence-electron chi connectivity index (χ4n) is 3.73. The van der Waals surface area contributed by atoms with Gasteiger partial charge in [-0.25, -0.2) is 14.8 Å². The van der Waals surface area contributed by atoms with Crippen LogP contribution in [0.25, 0.3) is 11.2 Å². The summed E-state index contributed by atoms with van der Waals surface area (Å²) in [7, 11) is 1.56. The molecule has 1 saturated carbocycles. The zero-order valence-electron chi connectivity index (χ0n) is 14.9. The summed E-state index contributed by atoms with van der Waals surface area (Å²) in [6, 6.07) is 3.81. The van der Waals surface area contributed by atoms with Gasteiger partial charge in [0.1, 0.15) is 11.2 Å². The van der Waals surface area contributed by atoms with Crippen molar-refractivity contribution in [3.63, 3.8) is 0 Å². The van der Waals surface area contributed by atoms with Crippen LogP contribution in [0.5, 0.6) is 5.88 Å². The van der Waals surface area contributed by atoms with Gasteiger partial charge in [0.15, 0.2) is 5.65 Å². The Morgan fingerprint density at radius 3 is 2.96 bits per heavy atom. The number of rotatable bonds is 4. The molecule has 0 bridgehead atoms. The number of nitrogens with one attached hydrogen (secondary N) is 2. The van der Waals surface area contributed by atoms with Crippen LogP contribution in [0.1, 0.15) is 38.6 Å². The fraction of sp³-hybridized carbons (Fsp3) is 0.444. The van der Waals surface area contributed by atoms with Gasteiger partial charge in [-0.1, -0.05) is 19.8 Å². The van der Waals surface area contributed by atoms with E-state index >= 15 is 0 Å². The minimum atomic E-state index is -0.121. The first kappa shape index (κ1) is 16.6. The van der Waals surface area contributed by atoms with Crippen molar-refractivity contribution in [1.82, 2.24) is 24.5 Å². The number of imidazole rings is 1. The third-order valence-corrected chi connectivity index (χ3v) is 5.07. The number of anilines is 2. The van der Waals surface area contributed by atoms with Crippen LogP contribution in [-0.4, -0.2) is 31.6 Å². The van der Waals surface area contributed by atoms with Gasteiger partial charge < -0.3 is 15.0 Å². The van der Waals surface area contributed by atoms with Gasteiger partial charge in [-0.2, -0.15) is 4.98 Å². The first-order valence-electron chi connectivity index (χ1n) is 8.90. The average Bonchev–Trinajstić information content (AvgIpc) is 2.98. The van der Waals surface area contributed by atoms with Gasteiger partial charge in [0.2, 0.25) is 11.8 Å². The second-order valence-corrected chi connectivity index (χ2v) is 6.75. The van der Waals surface area contributed by atoms with Gasteiger partial charge in [-0.05, 0) is 30.9 Å². The molecule has 1 aliphatic carbocycles. The molecule has 26 heavy (non-hydrogen) atoms. The van der Waals surface area contributed by atoms with Crippen LogP contribution < -0.4 is 15.7 Å². The van der Waals surface area contributed by atoms with E-state index in [0.29, 0.717) is 34.6 Å². The highest BCUT2D eigenvalue weighted by molar-refractivity contribution is 5.72. The summed E-state index contributed by atoms with van der Waals surface area (Å²) < 4.78 is 7.05. The number of aromatic amines is 1. The van der Waals surface area contributed by atoms with Gasteiger partial charge in [0.05, 0.1) is 13.3 Å². The van der Waals surface area contributed by atoms with Crippen molar-refractivity contribution in [2.24, 2.45) is 5.92 Å². The van der Waals surface area contributed by atoms with Gasteiger partial charge >= 0.3 is 5.69 Å². The number of aromatic nitrogens is 5. The summed E-state index contributed by atoms with van der Waals surface area (Å²) in [5.74, 6) is 1.31. The Morgan fingerprint density at radius 1 is 1.31 bits per heavy atom. The third-order valence-electron chi connectivity index (χ3n) is 5.07. The second-order valence-electron chi connectivity index (χ2n) is 6.75. The van der Waals surface area contributed by atoms with E-state index in [-0.39, 0.29) is 11.7 Å². The number of hydrogen-bond acceptors (Lipinski definition) is 6. The Kier molecular flexibility index (Phi) is 4.32. The summed E-state index contributed by atoms with van der Waals surface area (Å²) in [6.45, 7) is 2.20. The molecule has 136 valence electrons. The SMILES string of the molecule is COc1ncccc1Nc1ncc2[nH]c(=O)n([C@H]3CCCC[C@H]3C)c2n1. The fourth-order valence-corrected chi connectivity index (χ4v) is 3.73. The standard InChI is InChI=1S/C18H22N6O2/c1-11-6-3-4-8-14(11)24-15-13(22-18(24)25)10-20-17(23-15)21-12-7-5-9-19-16(12)26-2/h5,7,9-11,14H,3-4,6,8H2,1-2H3,(H,22,25)(H,20,21,23)/t11-,14+/m1/s1. The van der Waals surface area contributed by atoms with Gasteiger partial charge in [-0.3, -0.25) is 4.57 Å². The van der Waals surface area contributed by atoms with Crippen LogP contribution in [-0.2, 0) is 0 Å². The second kappa shape index (κ2) is 6.78. The predicted molar refractivity (Wildman–Crippen MR) is 98.9 cm³/mol. The molecule has 1 fully saturated rings. The molecule has 0 unspecified atom stereocenters. The van der Waals surface area contributed by atoms with E-state index in [9.17, 15) is 4.79 Å². The minimum Gasteiger partial charge on any atom is -0.480 e. The highest BCUT2D eigenvalue weighted by Gasteiger charge is 2.26. The molecule has 0 saturated heterocycles. The summed E-state index contributed by atoms with van der Waals surface area (Å²) in [5, 5.41) is 3.13. The topological polar surface area (TPSA) is 97.7 Å². The summed E-state index contributed by atoms with van der Waals surface area (Å²) in [5.41, 5.74) is 1.83. The highest BCUT2D eigenvalue weighted by Crippen LogP contribution is 2.34. The smallest absolute Gasteiger partial charge is 0.327 e. The molecule has 3 heterocycles. The van der Waals surface area contributed by atoms with E-state index < -0.39 is 0 Å². The Labute approximate surface area is 150 Å². The van der Waals surface area contributed by atoms with E-state index in [2.05, 4.69) is 32.2 Å². The number of nitrogens with zero attached hydrogens (tertiary/aromatic N) is 4. The number of H-pyrrole nitrogens is 1. The van der Waals surface area contributed by atoms with Crippen LogP contribution in [0.3, 0.4) is 0 Å². The van der Waals surface area contributed by atoms with E-state index in [1.807, 2.05) is 6.07 Å². The van der Waals surface area contributed by atoms with Crippen molar-refractivity contribution in [3.8, 4) is 5.88 Å². The molecule has 2 atom stereocenters. The lowest BCUT2D eigenvalue weighted by molar-refractivity contribution is 0.257. The molecule has 3 aromatic rings. The van der Waals surface area contributed by atoms with Crippen LogP contribution in [0.4, 0.5) is 11.6 Å². The largest absolute Gasteiger partial charge is 0.480 e. The number of ether oxygens (including phenoxy) is 1. The molecule has 3 aromatic heterocycles. The Bertz CT molecular complexity index is 979. The molecule has 0 radical (unpaired) electrons. The maximum atomic E-state index is 12.5. The van der Waals surface area contributed by atoms with Crippen LogP contribution in [0.2, 0.25) is 0 Å². The lowest BCUT2D eigenvalue weighted by atomic mass is 9.86. The molecule has 0 aromatic carbocycles. The first-order valence-corrected chi connectivity index (χ1v) is 8.90. The van der Waals surface area contributed by atoms with E-state index in [0.717, 1.165) is 19.3 Å². The molecule has 8 nitrogen and oxygen atoms in total. The van der Waals surface area contributed by atoms with Crippen LogP contribution >= 0.6 is 0 Å². The minimum absolute atomic E-state index is 0.121. The summed E-state index contributed by atoms with van der Waals surface area (Å²) in [4.78, 5) is 28.5. The molecular formula is C18H22N6O2. The van der Waals surface area contributed by atoms with Crippen molar-refractivity contribution in [2.75, 3.05) is 12.4 Å². The summed E-state index contributed by atoms with van der Waals surface area (Å²) >= 11 is 0. The average molecular weight is 354 g/mol. The number of methoxy groups -OCH3 is 1. The quantitative estimate of drug-likeness (QED) is 0.747. The van der Waals surface area contributed by atoms with Crippen LogP contribution in [0.15, 0.2) is 29.3 Å². The van der Waals surface area contributed by atoms with E-state index in [1.54, 1.807) is 30.1 Å². The molecule has 1 aliphatic rings. The predicted octanol–water partition coefficient (Wildman–Crippen LogP) is 3.02. The molecule has 2 N–H and O–H groups in total. The molecule has 0 aliphatic heterocycles. The zero-order valence-corrected chi connectivity index (χ0v) is 14.9. The molecule has 0 spiro atoms. The lowest BCUT2D eigenvalue weighted by Gasteiger charge is -2.29. The molecule has 4 rings (SSSR count). The number of hydrogen-bond donors (Lipinski definition) is 2. The van der Waals surface area contributed by atoms with Gasteiger partial charge in [0.25, 0.3) is 0 Å². The van der Waals surface area contributed by atoms with Crippen molar-refractivity contribution < 1.29 is 4.74 Å². The van der Waals surface area contributed by atoms with Gasteiger partial charge in [-0.15, -0.1) is 0 Å². The van der Waals surface area contributed by atoms with Crippen molar-refractivity contribution in [3.05, 3.63) is 35.0 Å².